The Kier molecular flexibility index (Phi) is 3.51. The van der Waals surface area contributed by atoms with Crippen molar-refractivity contribution in [2.45, 2.75) is 12.7 Å². The fourth-order valence-electron chi connectivity index (χ4n) is 1.99. The van der Waals surface area contributed by atoms with Gasteiger partial charge >= 0.3 is 6.18 Å². The number of nitrogens with one attached hydrogen (secondary N) is 1. The van der Waals surface area contributed by atoms with Crippen LogP contribution in [0.3, 0.4) is 0 Å². The number of fused-ring (bicyclic) bond motifs is 1. The summed E-state index contributed by atoms with van der Waals surface area (Å²) in [6.45, 7) is 0.158. The summed E-state index contributed by atoms with van der Waals surface area (Å²) < 4.78 is 40.7. The first kappa shape index (κ1) is 15.0. The molecule has 10 heteroatoms. The molecule has 0 aliphatic heterocycles. The minimum absolute atomic E-state index is 0.113. The number of hydrogen-bond donors (Lipinski definition) is 1. The molecular weight excluding hydrogens is 313 g/mol. The molecule has 0 saturated heterocycles. The van der Waals surface area contributed by atoms with E-state index in [0.29, 0.717) is 5.82 Å². The highest BCUT2D eigenvalue weighted by Crippen LogP contribution is 2.28. The Morgan fingerprint density at radius 3 is 2.74 bits per heavy atom. The van der Waals surface area contributed by atoms with Crippen LogP contribution in [0.4, 0.5) is 13.2 Å². The maximum atomic E-state index is 12.6. The van der Waals surface area contributed by atoms with Crippen LogP contribution in [0.15, 0.2) is 30.9 Å². The fourth-order valence-corrected chi connectivity index (χ4v) is 1.99. The zero-order valence-corrected chi connectivity index (χ0v) is 11.9. The van der Waals surface area contributed by atoms with Crippen molar-refractivity contribution in [3.63, 3.8) is 0 Å². The second-order valence-corrected chi connectivity index (χ2v) is 4.85. The largest absolute Gasteiger partial charge is 0.434 e. The second-order valence-electron chi connectivity index (χ2n) is 4.85. The van der Waals surface area contributed by atoms with Gasteiger partial charge in [-0.25, -0.2) is 4.98 Å². The Morgan fingerprint density at radius 1 is 1.30 bits per heavy atom. The van der Waals surface area contributed by atoms with Gasteiger partial charge in [-0.1, -0.05) is 0 Å². The van der Waals surface area contributed by atoms with Crippen LogP contribution in [-0.2, 0) is 19.8 Å². The van der Waals surface area contributed by atoms with Crippen molar-refractivity contribution < 1.29 is 18.0 Å². The van der Waals surface area contributed by atoms with Gasteiger partial charge in [0.25, 0.3) is 5.91 Å². The predicted molar refractivity (Wildman–Crippen MR) is 72.4 cm³/mol. The van der Waals surface area contributed by atoms with E-state index in [2.05, 4.69) is 20.5 Å². The Bertz CT molecular complexity index is 866. The van der Waals surface area contributed by atoms with Crippen LogP contribution >= 0.6 is 0 Å². The molecule has 0 fully saturated rings. The predicted octanol–water partition coefficient (Wildman–Crippen LogP) is 1.41. The number of aromatic nitrogens is 5. The van der Waals surface area contributed by atoms with Gasteiger partial charge in [0, 0.05) is 19.4 Å². The number of carbonyl (C=O) groups excluding carboxylic acids is 1. The van der Waals surface area contributed by atoms with Gasteiger partial charge in [0.15, 0.2) is 11.5 Å². The van der Waals surface area contributed by atoms with Crippen molar-refractivity contribution in [2.24, 2.45) is 7.05 Å². The molecule has 0 radical (unpaired) electrons. The highest BCUT2D eigenvalue weighted by molar-refractivity contribution is 5.94. The van der Waals surface area contributed by atoms with Gasteiger partial charge in [-0.15, -0.1) is 10.2 Å². The first-order valence-corrected chi connectivity index (χ1v) is 6.51. The van der Waals surface area contributed by atoms with E-state index in [4.69, 9.17) is 0 Å². The van der Waals surface area contributed by atoms with Gasteiger partial charge < -0.3 is 14.3 Å². The highest BCUT2D eigenvalue weighted by Gasteiger charge is 2.33. The van der Waals surface area contributed by atoms with Crippen LogP contribution < -0.4 is 5.32 Å². The zero-order chi connectivity index (χ0) is 16.6. The summed E-state index contributed by atoms with van der Waals surface area (Å²) >= 11 is 0. The summed E-state index contributed by atoms with van der Waals surface area (Å²) in [4.78, 5) is 15.5. The molecule has 3 aromatic rings. The third kappa shape index (κ3) is 3.00. The number of alkyl halides is 3. The molecule has 23 heavy (non-hydrogen) atoms. The van der Waals surface area contributed by atoms with Crippen LogP contribution in [0.5, 0.6) is 0 Å². The second kappa shape index (κ2) is 5.38. The lowest BCUT2D eigenvalue weighted by molar-refractivity contribution is -0.140. The summed E-state index contributed by atoms with van der Waals surface area (Å²) in [7, 11) is 1.73. The molecule has 7 nitrogen and oxygen atoms in total. The summed E-state index contributed by atoms with van der Waals surface area (Å²) in [6, 6.07) is 2.76. The minimum atomic E-state index is -4.53. The van der Waals surface area contributed by atoms with Crippen LogP contribution in [0, 0.1) is 0 Å². The molecule has 0 saturated carbocycles. The molecule has 0 aliphatic carbocycles. The zero-order valence-electron chi connectivity index (χ0n) is 11.9. The van der Waals surface area contributed by atoms with E-state index >= 15 is 0 Å². The number of amides is 1. The number of aryl methyl sites for hydroxylation is 1. The fraction of sp³-hybridized carbons (Fsp3) is 0.231. The van der Waals surface area contributed by atoms with Crippen molar-refractivity contribution in [3.8, 4) is 0 Å². The van der Waals surface area contributed by atoms with Gasteiger partial charge in [-0.3, -0.25) is 4.79 Å². The van der Waals surface area contributed by atoms with Gasteiger partial charge in [-0.05, 0) is 12.1 Å². The van der Waals surface area contributed by atoms with E-state index in [-0.39, 0.29) is 17.8 Å². The molecule has 0 bridgehead atoms. The summed E-state index contributed by atoms with van der Waals surface area (Å²) in [5.74, 6) is 0.124. The number of nitrogens with zero attached hydrogens (tertiary/aromatic N) is 5. The van der Waals surface area contributed by atoms with Crippen LogP contribution in [0.1, 0.15) is 21.9 Å². The third-order valence-electron chi connectivity index (χ3n) is 3.22. The van der Waals surface area contributed by atoms with Crippen molar-refractivity contribution in [1.29, 1.82) is 0 Å². The smallest absolute Gasteiger partial charge is 0.345 e. The molecule has 0 aliphatic rings. The quantitative estimate of drug-likeness (QED) is 0.790. The summed E-state index contributed by atoms with van der Waals surface area (Å²) in [6.07, 6.45) is -0.893. The van der Waals surface area contributed by atoms with E-state index in [1.165, 1.54) is 29.1 Å². The molecule has 0 atom stereocenters. The molecule has 1 N–H and O–H groups in total. The van der Waals surface area contributed by atoms with Gasteiger partial charge in [0.05, 0.1) is 12.1 Å². The standard InChI is InChI=1S/C13H11F3N6O/c1-21-7-18-20-11(21)4-17-12(23)8-2-3-10-19-9(13(14,15)16)6-22(10)5-8/h2-3,5-7H,4H2,1H3,(H,17,23). The molecule has 0 aromatic carbocycles. The first-order chi connectivity index (χ1) is 10.8. The van der Waals surface area contributed by atoms with E-state index in [1.54, 1.807) is 11.6 Å². The Hall–Kier alpha value is -2.91. The number of carbonyl (C=O) groups is 1. The normalized spacial score (nSPS) is 11.8. The third-order valence-corrected chi connectivity index (χ3v) is 3.22. The van der Waals surface area contributed by atoms with Crippen molar-refractivity contribution in [2.75, 3.05) is 0 Å². The summed E-state index contributed by atoms with van der Waals surface area (Å²) in [5, 5.41) is 10.1. The van der Waals surface area contributed by atoms with Crippen molar-refractivity contribution in [3.05, 3.63) is 47.9 Å². The van der Waals surface area contributed by atoms with Crippen molar-refractivity contribution in [1.82, 2.24) is 29.5 Å². The van der Waals surface area contributed by atoms with Gasteiger partial charge in [0.2, 0.25) is 0 Å². The average molecular weight is 324 g/mol. The molecule has 3 heterocycles. The molecular formula is C13H11F3N6O. The number of imidazole rings is 1. The van der Waals surface area contributed by atoms with E-state index < -0.39 is 17.8 Å². The lowest BCUT2D eigenvalue weighted by Crippen LogP contribution is -2.24. The maximum Gasteiger partial charge on any atom is 0.434 e. The lowest BCUT2D eigenvalue weighted by atomic mass is 10.2. The Morgan fingerprint density at radius 2 is 2.09 bits per heavy atom. The highest BCUT2D eigenvalue weighted by atomic mass is 19.4. The number of rotatable bonds is 3. The maximum absolute atomic E-state index is 12.6. The molecule has 3 aromatic heterocycles. The van der Waals surface area contributed by atoms with E-state index in [0.717, 1.165) is 6.20 Å². The van der Waals surface area contributed by atoms with Crippen LogP contribution in [-0.4, -0.2) is 30.1 Å². The molecule has 0 spiro atoms. The number of pyridine rings is 1. The average Bonchev–Trinajstić information content (AvgIpc) is 3.09. The number of hydrogen-bond acceptors (Lipinski definition) is 4. The molecule has 1 amide bonds. The SMILES string of the molecule is Cn1cnnc1CNC(=O)c1ccc2nc(C(F)(F)F)cn2c1. The molecule has 3 rings (SSSR count). The Labute approximate surface area is 127 Å². The summed E-state index contributed by atoms with van der Waals surface area (Å²) in [5.41, 5.74) is -0.679. The number of halogens is 3. The van der Waals surface area contributed by atoms with Crippen LogP contribution in [0.2, 0.25) is 0 Å². The van der Waals surface area contributed by atoms with Crippen LogP contribution in [0.25, 0.3) is 5.65 Å². The molecule has 0 unspecified atom stereocenters. The minimum Gasteiger partial charge on any atom is -0.345 e. The monoisotopic (exact) mass is 324 g/mol. The molecule has 120 valence electrons. The van der Waals surface area contributed by atoms with E-state index in [9.17, 15) is 18.0 Å². The first-order valence-electron chi connectivity index (χ1n) is 6.51. The topological polar surface area (TPSA) is 77.1 Å². The van der Waals surface area contributed by atoms with Gasteiger partial charge in [0.1, 0.15) is 12.0 Å². The van der Waals surface area contributed by atoms with Gasteiger partial charge in [-0.2, -0.15) is 13.2 Å². The Balaban J connectivity index is 1.79. The lowest BCUT2D eigenvalue weighted by Gasteiger charge is -2.05. The van der Waals surface area contributed by atoms with Crippen molar-refractivity contribution >= 4 is 11.6 Å². The van der Waals surface area contributed by atoms with E-state index in [1.807, 2.05) is 0 Å².